The van der Waals surface area contributed by atoms with Crippen LogP contribution in [0, 0.1) is 0 Å². The molecule has 0 saturated carbocycles. The maximum absolute atomic E-state index is 10.7. The van der Waals surface area contributed by atoms with E-state index >= 15 is 0 Å². The molecule has 21 heavy (non-hydrogen) atoms. The Morgan fingerprint density at radius 1 is 1.05 bits per heavy atom. The molecule has 0 unspecified atom stereocenters. The van der Waals surface area contributed by atoms with E-state index in [9.17, 15) is 4.79 Å². The number of aromatic carboxylic acids is 1. The minimum atomic E-state index is -0.882. The minimum absolute atomic E-state index is 0.333. The molecule has 2 aromatic rings. The first-order valence-corrected chi connectivity index (χ1v) is 7.99. The molecule has 3 nitrogen and oxygen atoms in total. The summed E-state index contributed by atoms with van der Waals surface area (Å²) < 4.78 is 5.62. The third kappa shape index (κ3) is 5.52. The first-order chi connectivity index (χ1) is 10.3. The van der Waals surface area contributed by atoms with Gasteiger partial charge in [-0.25, -0.2) is 4.79 Å². The number of hydrogen-bond donors (Lipinski definition) is 1. The van der Waals surface area contributed by atoms with Gasteiger partial charge in [0.2, 0.25) is 0 Å². The van der Waals surface area contributed by atoms with Crippen molar-refractivity contribution in [1.82, 2.24) is 0 Å². The number of ether oxygens (including phenoxy) is 1. The van der Waals surface area contributed by atoms with Crippen LogP contribution in [0.25, 0.3) is 0 Å². The van der Waals surface area contributed by atoms with Crippen LogP contribution in [0.3, 0.4) is 0 Å². The van der Waals surface area contributed by atoms with E-state index in [1.807, 2.05) is 54.2 Å². The predicted molar refractivity (Wildman–Crippen MR) is 86.1 cm³/mol. The van der Waals surface area contributed by atoms with E-state index < -0.39 is 5.97 Å². The Labute approximate surface area is 129 Å². The lowest BCUT2D eigenvalue weighted by Gasteiger charge is -2.06. The molecule has 0 heterocycles. The van der Waals surface area contributed by atoms with Crippen molar-refractivity contribution >= 4 is 17.7 Å². The van der Waals surface area contributed by atoms with Gasteiger partial charge in [0.05, 0.1) is 12.2 Å². The van der Waals surface area contributed by atoms with Crippen molar-refractivity contribution in [3.63, 3.8) is 0 Å². The number of thioether (sulfide) groups is 1. The number of carboxylic acid groups (broad SMARTS) is 1. The molecular weight excluding hydrogens is 284 g/mol. The Morgan fingerprint density at radius 2 is 1.76 bits per heavy atom. The highest BCUT2D eigenvalue weighted by atomic mass is 32.2. The zero-order valence-electron chi connectivity index (χ0n) is 11.7. The van der Waals surface area contributed by atoms with E-state index in [0.29, 0.717) is 5.56 Å². The Balaban J connectivity index is 1.60. The van der Waals surface area contributed by atoms with Crippen molar-refractivity contribution in [2.75, 3.05) is 12.4 Å². The van der Waals surface area contributed by atoms with Gasteiger partial charge in [-0.1, -0.05) is 30.3 Å². The first kappa shape index (κ1) is 15.4. The average Bonchev–Trinajstić information content (AvgIpc) is 2.52. The Morgan fingerprint density at radius 3 is 2.43 bits per heavy atom. The number of carbonyl (C=O) groups is 1. The van der Waals surface area contributed by atoms with Crippen molar-refractivity contribution in [1.29, 1.82) is 0 Å². The predicted octanol–water partition coefficient (Wildman–Crippen LogP) is 4.09. The standard InChI is InChI=1S/C17H18O3S/c18-17(19)15-9-7-14(8-10-15)13-21-12-4-11-20-16-5-2-1-3-6-16/h1-3,5-10H,4,11-13H2,(H,18,19). The lowest BCUT2D eigenvalue weighted by Crippen LogP contribution is -1.99. The van der Waals surface area contributed by atoms with Crippen LogP contribution in [0.15, 0.2) is 54.6 Å². The molecule has 0 aliphatic heterocycles. The van der Waals surface area contributed by atoms with E-state index in [-0.39, 0.29) is 0 Å². The van der Waals surface area contributed by atoms with Crippen LogP contribution in [-0.2, 0) is 5.75 Å². The summed E-state index contributed by atoms with van der Waals surface area (Å²) in [5.41, 5.74) is 1.48. The van der Waals surface area contributed by atoms with Gasteiger partial charge >= 0.3 is 5.97 Å². The molecule has 0 aromatic heterocycles. The fourth-order valence-corrected chi connectivity index (χ4v) is 2.70. The summed E-state index contributed by atoms with van der Waals surface area (Å²) in [6.45, 7) is 0.717. The van der Waals surface area contributed by atoms with E-state index in [4.69, 9.17) is 9.84 Å². The summed E-state index contributed by atoms with van der Waals surface area (Å²) in [5.74, 6) is 1.94. The summed E-state index contributed by atoms with van der Waals surface area (Å²) in [6, 6.07) is 16.9. The molecule has 1 N–H and O–H groups in total. The zero-order chi connectivity index (χ0) is 14.9. The largest absolute Gasteiger partial charge is 0.494 e. The smallest absolute Gasteiger partial charge is 0.335 e. The number of carboxylic acids is 1. The molecule has 0 aliphatic rings. The molecule has 0 amide bonds. The quantitative estimate of drug-likeness (QED) is 0.746. The Bertz CT molecular complexity index is 552. The Hall–Kier alpha value is -1.94. The number of benzene rings is 2. The molecule has 0 spiro atoms. The monoisotopic (exact) mass is 302 g/mol. The fraction of sp³-hybridized carbons (Fsp3) is 0.235. The highest BCUT2D eigenvalue weighted by Crippen LogP contribution is 2.15. The van der Waals surface area contributed by atoms with Gasteiger partial charge in [0.15, 0.2) is 0 Å². The summed E-state index contributed by atoms with van der Waals surface area (Å²) >= 11 is 1.83. The molecule has 2 rings (SSSR count). The molecule has 0 bridgehead atoms. The van der Waals surface area contributed by atoms with Crippen LogP contribution < -0.4 is 4.74 Å². The van der Waals surface area contributed by atoms with E-state index in [1.165, 1.54) is 0 Å². The molecule has 0 saturated heterocycles. The van der Waals surface area contributed by atoms with Gasteiger partial charge in [0.1, 0.15) is 5.75 Å². The van der Waals surface area contributed by atoms with Gasteiger partial charge < -0.3 is 9.84 Å². The van der Waals surface area contributed by atoms with Crippen LogP contribution in [0.5, 0.6) is 5.75 Å². The van der Waals surface area contributed by atoms with Crippen LogP contribution >= 0.6 is 11.8 Å². The third-order valence-corrected chi connectivity index (χ3v) is 4.03. The van der Waals surface area contributed by atoms with Crippen LogP contribution in [0.1, 0.15) is 22.3 Å². The molecule has 0 fully saturated rings. The number of hydrogen-bond acceptors (Lipinski definition) is 3. The second-order valence-electron chi connectivity index (χ2n) is 4.57. The minimum Gasteiger partial charge on any atom is -0.494 e. The fourth-order valence-electron chi connectivity index (χ4n) is 1.80. The van der Waals surface area contributed by atoms with Crippen molar-refractivity contribution in [3.05, 3.63) is 65.7 Å². The van der Waals surface area contributed by atoms with Gasteiger partial charge in [-0.2, -0.15) is 11.8 Å². The van der Waals surface area contributed by atoms with E-state index in [0.717, 1.165) is 35.8 Å². The maximum atomic E-state index is 10.7. The summed E-state index contributed by atoms with van der Waals surface area (Å²) in [6.07, 6.45) is 0.993. The highest BCUT2D eigenvalue weighted by Gasteiger charge is 2.01. The average molecular weight is 302 g/mol. The maximum Gasteiger partial charge on any atom is 0.335 e. The number of para-hydroxylation sites is 1. The second kappa shape index (κ2) is 8.37. The topological polar surface area (TPSA) is 46.5 Å². The molecule has 2 aromatic carbocycles. The lowest BCUT2D eigenvalue weighted by molar-refractivity contribution is 0.0697. The molecule has 0 aliphatic carbocycles. The molecule has 0 atom stereocenters. The Kier molecular flexibility index (Phi) is 6.16. The van der Waals surface area contributed by atoms with Gasteiger partial charge in [0.25, 0.3) is 0 Å². The van der Waals surface area contributed by atoms with Gasteiger partial charge in [-0.15, -0.1) is 0 Å². The van der Waals surface area contributed by atoms with Gasteiger partial charge in [0, 0.05) is 5.75 Å². The van der Waals surface area contributed by atoms with Gasteiger partial charge in [-0.05, 0) is 42.0 Å². The first-order valence-electron chi connectivity index (χ1n) is 6.83. The van der Waals surface area contributed by atoms with Crippen LogP contribution in [0.4, 0.5) is 0 Å². The van der Waals surface area contributed by atoms with Crippen LogP contribution in [-0.4, -0.2) is 23.4 Å². The summed E-state index contributed by atoms with van der Waals surface area (Å²) in [4.78, 5) is 10.7. The molecule has 0 radical (unpaired) electrons. The SMILES string of the molecule is O=C(O)c1ccc(CSCCCOc2ccccc2)cc1. The second-order valence-corrected chi connectivity index (χ2v) is 5.67. The third-order valence-electron chi connectivity index (χ3n) is 2.91. The van der Waals surface area contributed by atoms with E-state index in [1.54, 1.807) is 12.1 Å². The van der Waals surface area contributed by atoms with Crippen molar-refractivity contribution < 1.29 is 14.6 Å². The normalized spacial score (nSPS) is 10.3. The lowest BCUT2D eigenvalue weighted by atomic mass is 10.1. The van der Waals surface area contributed by atoms with Crippen molar-refractivity contribution in [2.24, 2.45) is 0 Å². The highest BCUT2D eigenvalue weighted by molar-refractivity contribution is 7.98. The molecule has 4 heteroatoms. The van der Waals surface area contributed by atoms with Crippen LogP contribution in [0.2, 0.25) is 0 Å². The van der Waals surface area contributed by atoms with Crippen molar-refractivity contribution in [3.8, 4) is 5.75 Å². The summed E-state index contributed by atoms with van der Waals surface area (Å²) in [7, 11) is 0. The van der Waals surface area contributed by atoms with E-state index in [2.05, 4.69) is 0 Å². The number of rotatable bonds is 8. The van der Waals surface area contributed by atoms with Gasteiger partial charge in [-0.3, -0.25) is 0 Å². The summed E-state index contributed by atoms with van der Waals surface area (Å²) in [5, 5.41) is 8.82. The molecule has 110 valence electrons. The molecular formula is C17H18O3S. The van der Waals surface area contributed by atoms with Crippen molar-refractivity contribution in [2.45, 2.75) is 12.2 Å². The zero-order valence-corrected chi connectivity index (χ0v) is 12.5.